The molecule has 16 heavy (non-hydrogen) atoms. The molecule has 2 heterocycles. The summed E-state index contributed by atoms with van der Waals surface area (Å²) in [4.78, 5) is 0. The number of thiophene rings is 1. The van der Waals surface area contributed by atoms with Crippen LogP contribution < -0.4 is 10.1 Å². The van der Waals surface area contributed by atoms with Crippen molar-refractivity contribution in [1.82, 2.24) is 5.32 Å². The maximum Gasteiger partial charge on any atom is 0.175 e. The average molecular weight is 233 g/mol. The summed E-state index contributed by atoms with van der Waals surface area (Å²) in [5, 5.41) is 5.70. The third-order valence-corrected chi connectivity index (χ3v) is 3.98. The van der Waals surface area contributed by atoms with E-state index in [1.807, 2.05) is 0 Å². The molecule has 0 unspecified atom stereocenters. The molecule has 0 saturated carbocycles. The lowest BCUT2D eigenvalue weighted by Crippen LogP contribution is -2.33. The highest BCUT2D eigenvalue weighted by Gasteiger charge is 2.15. The average Bonchev–Trinajstić information content (AvgIpc) is 2.72. The third kappa shape index (κ3) is 2.06. The zero-order valence-electron chi connectivity index (χ0n) is 9.11. The van der Waals surface area contributed by atoms with E-state index >= 15 is 0 Å². The van der Waals surface area contributed by atoms with E-state index < -0.39 is 0 Å². The fraction of sp³-hybridized carbons (Fsp3) is 0.385. The van der Waals surface area contributed by atoms with Crippen molar-refractivity contribution in [3.8, 4) is 5.06 Å². The number of fused-ring (bicyclic) bond motifs is 1. The van der Waals surface area contributed by atoms with Crippen molar-refractivity contribution in [3.63, 3.8) is 0 Å². The molecular weight excluding hydrogens is 218 g/mol. The molecule has 1 aliphatic heterocycles. The van der Waals surface area contributed by atoms with Gasteiger partial charge in [0.25, 0.3) is 0 Å². The first-order chi connectivity index (χ1) is 7.92. The monoisotopic (exact) mass is 233 g/mol. The maximum absolute atomic E-state index is 6.02. The Hall–Kier alpha value is -1.06. The smallest absolute Gasteiger partial charge is 0.175 e. The van der Waals surface area contributed by atoms with E-state index in [-0.39, 0.29) is 0 Å². The summed E-state index contributed by atoms with van der Waals surface area (Å²) in [5.74, 6) is 0. The van der Waals surface area contributed by atoms with Gasteiger partial charge in [-0.05, 0) is 43.5 Å². The zero-order valence-corrected chi connectivity index (χ0v) is 9.93. The summed E-state index contributed by atoms with van der Waals surface area (Å²) in [6.45, 7) is 2.16. The Kier molecular flexibility index (Phi) is 2.80. The van der Waals surface area contributed by atoms with Crippen LogP contribution in [0.5, 0.6) is 5.06 Å². The Morgan fingerprint density at radius 1 is 1.19 bits per heavy atom. The van der Waals surface area contributed by atoms with Crippen molar-refractivity contribution >= 4 is 21.4 Å². The first kappa shape index (κ1) is 10.1. The number of piperidine rings is 1. The van der Waals surface area contributed by atoms with Crippen molar-refractivity contribution in [1.29, 1.82) is 0 Å². The molecule has 1 N–H and O–H groups in total. The molecule has 1 fully saturated rings. The van der Waals surface area contributed by atoms with E-state index in [0.29, 0.717) is 6.10 Å². The van der Waals surface area contributed by atoms with Gasteiger partial charge in [-0.15, -0.1) is 0 Å². The van der Waals surface area contributed by atoms with Gasteiger partial charge >= 0.3 is 0 Å². The molecular formula is C13H15NOS. The van der Waals surface area contributed by atoms with Crippen molar-refractivity contribution < 1.29 is 4.74 Å². The predicted molar refractivity (Wildman–Crippen MR) is 68.3 cm³/mol. The van der Waals surface area contributed by atoms with Gasteiger partial charge in [0.05, 0.1) is 0 Å². The van der Waals surface area contributed by atoms with Crippen LogP contribution in [0.2, 0.25) is 0 Å². The van der Waals surface area contributed by atoms with Gasteiger partial charge < -0.3 is 10.1 Å². The predicted octanol–water partition coefficient (Wildman–Crippen LogP) is 3.03. The number of nitrogens with one attached hydrogen (secondary N) is 1. The van der Waals surface area contributed by atoms with E-state index in [0.717, 1.165) is 31.0 Å². The van der Waals surface area contributed by atoms with Crippen LogP contribution in [-0.2, 0) is 0 Å². The SMILES string of the molecule is c1ccc2sc(OC3CCNCC3)cc2c1. The fourth-order valence-electron chi connectivity index (χ4n) is 2.09. The highest BCUT2D eigenvalue weighted by atomic mass is 32.1. The molecule has 1 aromatic carbocycles. The summed E-state index contributed by atoms with van der Waals surface area (Å²) >= 11 is 1.75. The quantitative estimate of drug-likeness (QED) is 0.861. The number of hydrogen-bond donors (Lipinski definition) is 1. The first-order valence-electron chi connectivity index (χ1n) is 5.78. The largest absolute Gasteiger partial charge is 0.481 e. The molecule has 0 aliphatic carbocycles. The van der Waals surface area contributed by atoms with Gasteiger partial charge in [-0.25, -0.2) is 0 Å². The van der Waals surface area contributed by atoms with Gasteiger partial charge in [-0.3, -0.25) is 0 Å². The van der Waals surface area contributed by atoms with E-state index in [9.17, 15) is 0 Å². The number of hydrogen-bond acceptors (Lipinski definition) is 3. The molecule has 0 amide bonds. The molecule has 2 nitrogen and oxygen atoms in total. The van der Waals surface area contributed by atoms with Crippen LogP contribution >= 0.6 is 11.3 Å². The van der Waals surface area contributed by atoms with E-state index in [1.165, 1.54) is 10.1 Å². The van der Waals surface area contributed by atoms with Crippen LogP contribution in [0.25, 0.3) is 10.1 Å². The van der Waals surface area contributed by atoms with Gasteiger partial charge in [0, 0.05) is 4.70 Å². The standard InChI is InChI=1S/C13H15NOS/c1-2-4-12-10(3-1)9-13(16-12)15-11-5-7-14-8-6-11/h1-4,9,11,14H,5-8H2. The molecule has 0 bridgehead atoms. The van der Waals surface area contributed by atoms with Gasteiger partial charge in [-0.2, -0.15) is 0 Å². The molecule has 3 heteroatoms. The summed E-state index contributed by atoms with van der Waals surface area (Å²) < 4.78 is 7.33. The van der Waals surface area contributed by atoms with Gasteiger partial charge in [0.2, 0.25) is 0 Å². The number of rotatable bonds is 2. The van der Waals surface area contributed by atoms with Crippen molar-refractivity contribution in [3.05, 3.63) is 30.3 Å². The lowest BCUT2D eigenvalue weighted by molar-refractivity contribution is 0.168. The third-order valence-electron chi connectivity index (χ3n) is 2.97. The second kappa shape index (κ2) is 4.44. The lowest BCUT2D eigenvalue weighted by atomic mass is 10.1. The second-order valence-corrected chi connectivity index (χ2v) is 5.22. The molecule has 0 spiro atoms. The van der Waals surface area contributed by atoms with Gasteiger partial charge in [-0.1, -0.05) is 29.5 Å². The molecule has 84 valence electrons. The normalized spacial score (nSPS) is 17.8. The van der Waals surface area contributed by atoms with Crippen LogP contribution in [0.15, 0.2) is 30.3 Å². The van der Waals surface area contributed by atoms with Crippen LogP contribution in [0.4, 0.5) is 0 Å². The lowest BCUT2D eigenvalue weighted by Gasteiger charge is -2.22. The molecule has 1 aliphatic rings. The molecule has 3 rings (SSSR count). The first-order valence-corrected chi connectivity index (χ1v) is 6.59. The van der Waals surface area contributed by atoms with Gasteiger partial charge in [0.1, 0.15) is 6.10 Å². The summed E-state index contributed by atoms with van der Waals surface area (Å²) in [7, 11) is 0. The summed E-state index contributed by atoms with van der Waals surface area (Å²) in [5.41, 5.74) is 0. The summed E-state index contributed by atoms with van der Waals surface area (Å²) in [6, 6.07) is 10.6. The Morgan fingerprint density at radius 3 is 2.81 bits per heavy atom. The molecule has 0 radical (unpaired) electrons. The molecule has 2 aromatic rings. The number of ether oxygens (including phenoxy) is 1. The van der Waals surface area contributed by atoms with E-state index in [2.05, 4.69) is 35.6 Å². The highest BCUT2D eigenvalue weighted by Crippen LogP contribution is 2.32. The zero-order chi connectivity index (χ0) is 10.8. The Bertz CT molecular complexity index is 440. The molecule has 0 atom stereocenters. The Morgan fingerprint density at radius 2 is 2.00 bits per heavy atom. The van der Waals surface area contributed by atoms with Crippen LogP contribution in [-0.4, -0.2) is 19.2 Å². The van der Waals surface area contributed by atoms with E-state index in [1.54, 1.807) is 11.3 Å². The maximum atomic E-state index is 6.02. The summed E-state index contributed by atoms with van der Waals surface area (Å²) in [6.07, 6.45) is 2.64. The minimum atomic E-state index is 0.398. The van der Waals surface area contributed by atoms with Crippen molar-refractivity contribution in [2.75, 3.05) is 13.1 Å². The molecule has 1 aromatic heterocycles. The molecule has 1 saturated heterocycles. The topological polar surface area (TPSA) is 21.3 Å². The van der Waals surface area contributed by atoms with Crippen LogP contribution in [0.3, 0.4) is 0 Å². The van der Waals surface area contributed by atoms with Crippen molar-refractivity contribution in [2.24, 2.45) is 0 Å². The van der Waals surface area contributed by atoms with E-state index in [4.69, 9.17) is 4.74 Å². The van der Waals surface area contributed by atoms with Crippen molar-refractivity contribution in [2.45, 2.75) is 18.9 Å². The Balaban J connectivity index is 1.78. The minimum absolute atomic E-state index is 0.398. The second-order valence-electron chi connectivity index (χ2n) is 4.17. The minimum Gasteiger partial charge on any atom is -0.481 e. The fourth-order valence-corrected chi connectivity index (χ4v) is 3.07. The van der Waals surface area contributed by atoms with Crippen LogP contribution in [0, 0.1) is 0 Å². The Labute approximate surface area is 99.2 Å². The van der Waals surface area contributed by atoms with Crippen LogP contribution in [0.1, 0.15) is 12.8 Å². The number of benzene rings is 1. The van der Waals surface area contributed by atoms with Gasteiger partial charge in [0.15, 0.2) is 5.06 Å². The highest BCUT2D eigenvalue weighted by molar-refractivity contribution is 7.20.